The molecule has 23 atom stereocenters. The summed E-state index contributed by atoms with van der Waals surface area (Å²) in [6.07, 6.45) is 45.1. The molecule has 13 heterocycles. The summed E-state index contributed by atoms with van der Waals surface area (Å²) in [6.45, 7) is 48.2. The average molecular weight is 2010 g/mol. The van der Waals surface area contributed by atoms with E-state index in [4.69, 9.17) is 67.6 Å². The molecule has 14 rings (SSSR count). The van der Waals surface area contributed by atoms with Gasteiger partial charge in [0.2, 0.25) is 0 Å². The highest BCUT2D eigenvalue weighted by Crippen LogP contribution is 2.52. The maximum atomic E-state index is 10.7. The number of rotatable bonds is 24. The molecule has 7 saturated heterocycles. The lowest BCUT2D eigenvalue weighted by atomic mass is 9.94. The molecule has 131 heavy (non-hydrogen) atoms. The molecule has 4 bridgehead atoms. The summed E-state index contributed by atoms with van der Waals surface area (Å²) < 4.78 is 42.1. The standard InChI is InChI=1S/C16H26N3O3P.C15H24N3O3P.2C15H26N3O3P.C15H24N3O2P.C14H23BrN3O2P/c1-10-8-19(11(2)18-14(10)17)15-12-13(20)16(22-15,9-21-12)6-7-23(3,4)5;1-10-17-11(16)5-7-18(10)14-12-13(19)15(21-14,9-20-12)6-8-22(2,3)4;1-10-17-12(16)6-8-18(10)14-15(2,20)13(19)11(21-14)7-9-22(3,4)5;1-10-17-11(16)6-8-18(10)14-12(19)13(20)15(2,21-14)7-9-22(3,4)5;1-10-17-13(16)5-7-18(10)12-9-11(14(19)15(12)20)6-8-21(2,3)4;1-9-17-11(16)5-7-18(9)14-12(15)13(19)10(20-14)6-8-21(2,3)4/h8,12-13,15,20H,2-3,6-7,9H2,1,4-5H3,(H2,17,18);5,7,12-14,19H,1-2,6,8-9H2,3-4H3,(H2,16,17);6,8,11,13-14,19-20H,1,3,7,9H2,2,4-5H3,(H2,16,17);6,8,12-14,19-20H,1,3,7,9H2,2,4-5H3,(H2,16,17);5,7,9,12,14-15,19-20H,1-2,6,8H2,3-4H3,(H2,16,17);5,7,10,12-14,19H,1-2,6,8H2,3-4H3,(H2,16,17)/t12-,13+,15-,16+;12-,13+,14-,15+;11-,13-,14-,15-;12-,13+,14-,15-;12-,14-,15+;10-,12-,13-,14-/m111111/s1. The van der Waals surface area contributed by atoms with Crippen LogP contribution in [0.25, 0.3) is 0 Å². The van der Waals surface area contributed by atoms with Crippen LogP contribution >= 0.6 is 57.2 Å². The first-order chi connectivity index (χ1) is 60.3. The van der Waals surface area contributed by atoms with Crippen molar-refractivity contribution in [1.29, 1.82) is 0 Å². The van der Waals surface area contributed by atoms with E-state index in [1.54, 1.807) is 92.8 Å². The number of alkyl halides is 1. The number of hydrogen-bond acceptors (Lipinski definition) is 34. The monoisotopic (exact) mass is 2000 g/mol. The maximum Gasteiger partial charge on any atom is 0.166 e. The SMILES string of the molecule is C=C1N=C(N)C(C)=CN1[C@@H]1O[C@@]2(CCP(=C)(C)C)CO[C@@H]1[C@@H]2O.C=C1N=C(N)C=CN1[C@@H]1C=C(CCP(=C)(C)C)[C@@H](O)[C@H]1O.C=C1N=C(N)C=CN1[C@@H]1O[C@@]2(CCP(=C)(C)C)CO[C@@H]1[C@@H]2O.C=C1N=C(N)C=CN1[C@@H]1O[C@H](CCP(=C)(C)C)[C@@H](O)[C@@]1(C)O.C=C1N=C(N)C=CN1[C@@H]1O[C@H](CCP(=C)(C)C)[C@@H](O)[C@H]1Br.C=C1N=C(N)C=CN1[C@@H]1O[C@](C)(CCP(=C)(C)C)[C@@H](O)[C@H]1O. The molecule has 7 fully saturated rings. The predicted octanol–water partition coefficient (Wildman–Crippen LogP) is 5.11. The maximum absolute atomic E-state index is 10.7. The van der Waals surface area contributed by atoms with Gasteiger partial charge in [-0.05, 0) is 212 Å². The number of amidine groups is 6. The molecule has 0 amide bonds. The molecule has 0 aromatic heterocycles. The predicted molar refractivity (Wildman–Crippen MR) is 556 cm³/mol. The van der Waals surface area contributed by atoms with Gasteiger partial charge in [-0.25, -0.2) is 30.0 Å². The third-order valence-electron chi connectivity index (χ3n) is 24.4. The fraction of sp³-hybridized carbons (Fsp3) is 0.578. The van der Waals surface area contributed by atoms with Crippen molar-refractivity contribution >= 4 is 130 Å². The largest absolute Gasteiger partial charge is 0.389 e. The van der Waals surface area contributed by atoms with Crippen LogP contribution in [0.2, 0.25) is 0 Å². The third kappa shape index (κ3) is 27.5. The summed E-state index contributed by atoms with van der Waals surface area (Å²) in [4.78, 5) is 34.9. The Kier molecular flexibility index (Phi) is 35.2. The first-order valence-electron chi connectivity index (χ1n) is 43.4. The number of aliphatic imine (C=N–C) groups is 6. The number of halogens is 1. The first kappa shape index (κ1) is 109. The van der Waals surface area contributed by atoms with E-state index >= 15 is 0 Å². The molecule has 21 N–H and O–H groups in total. The highest BCUT2D eigenvalue weighted by molar-refractivity contribution is 9.09. The zero-order chi connectivity index (χ0) is 98.1. The molecular weight excluding hydrogens is 1850 g/mol. The number of nitrogens with two attached hydrogens (primary N) is 6. The Bertz CT molecular complexity index is 5000. The van der Waals surface area contributed by atoms with Crippen molar-refractivity contribution in [2.24, 2.45) is 64.4 Å². The average Bonchev–Trinajstić information content (AvgIpc) is 1.57. The van der Waals surface area contributed by atoms with E-state index in [1.165, 1.54) is 0 Å². The van der Waals surface area contributed by atoms with Crippen LogP contribution < -0.4 is 34.4 Å². The van der Waals surface area contributed by atoms with Gasteiger partial charge in [-0.2, -0.15) is 0 Å². The summed E-state index contributed by atoms with van der Waals surface area (Å²) >= 11 is 3.53. The van der Waals surface area contributed by atoms with Gasteiger partial charge in [0, 0.05) is 42.8 Å². The smallest absolute Gasteiger partial charge is 0.166 e. The summed E-state index contributed by atoms with van der Waals surface area (Å²) in [6, 6.07) is -0.359. The molecule has 41 heteroatoms. The van der Waals surface area contributed by atoms with Gasteiger partial charge in [0.1, 0.15) is 142 Å². The first-order valence-corrected chi connectivity index (χ1v) is 62.6. The Hall–Kier alpha value is -6.12. The van der Waals surface area contributed by atoms with Crippen LogP contribution in [0.4, 0.5) is 0 Å². The van der Waals surface area contributed by atoms with Gasteiger partial charge in [-0.3, -0.25) is 0 Å². The highest BCUT2D eigenvalue weighted by atomic mass is 79.9. The summed E-state index contributed by atoms with van der Waals surface area (Å²) in [7, 11) is 0. The second-order valence-electron chi connectivity index (χ2n) is 40.3. The lowest BCUT2D eigenvalue weighted by Gasteiger charge is -2.37. The van der Waals surface area contributed by atoms with Gasteiger partial charge in [0.25, 0.3) is 0 Å². The van der Waals surface area contributed by atoms with Crippen molar-refractivity contribution in [2.45, 2.75) is 197 Å². The zero-order valence-electron chi connectivity index (χ0n) is 79.1. The fourth-order valence-corrected chi connectivity index (χ4v) is 22.9. The minimum atomic E-state index is -1.43. The van der Waals surface area contributed by atoms with Gasteiger partial charge in [0.05, 0.1) is 48.0 Å². The van der Waals surface area contributed by atoms with Crippen LogP contribution in [-0.4, -0.2) is 416 Å². The number of nitrogens with zero attached hydrogens (tertiary/aromatic N) is 12. The molecule has 0 aromatic carbocycles. The second-order valence-corrected chi connectivity index (χ2v) is 67.2. The van der Waals surface area contributed by atoms with E-state index in [1.807, 2.05) is 31.0 Å². The zero-order valence-corrected chi connectivity index (χ0v) is 86.0. The number of fused-ring (bicyclic) bond motifs is 4. The summed E-state index contributed by atoms with van der Waals surface area (Å²) in [5.41, 5.74) is 32.1. The lowest BCUT2D eigenvalue weighted by molar-refractivity contribution is -0.181. The molecule has 34 nitrogen and oxygen atoms in total. The Morgan fingerprint density at radius 3 is 1.21 bits per heavy atom. The van der Waals surface area contributed by atoms with Crippen molar-refractivity contribution in [3.8, 4) is 0 Å². The number of aliphatic hydroxyl groups excluding tert-OH is 8. The normalized spacial score (nSPS) is 35.0. The van der Waals surface area contributed by atoms with Crippen molar-refractivity contribution in [2.75, 3.05) is 130 Å². The number of ether oxygens (including phenoxy) is 7. The molecule has 13 aliphatic heterocycles. The number of aliphatic hydroxyl groups is 9. The van der Waals surface area contributed by atoms with Crippen molar-refractivity contribution in [1.82, 2.24) is 29.4 Å². The van der Waals surface area contributed by atoms with E-state index in [2.05, 4.69) is 203 Å². The van der Waals surface area contributed by atoms with E-state index in [0.29, 0.717) is 96.0 Å². The molecule has 0 unspecified atom stereocenters. The van der Waals surface area contributed by atoms with E-state index in [-0.39, 0.29) is 23.2 Å². The Labute approximate surface area is 784 Å². The molecule has 732 valence electrons. The van der Waals surface area contributed by atoms with Gasteiger partial charge in [-0.1, -0.05) is 61.5 Å². The van der Waals surface area contributed by atoms with Crippen LogP contribution in [0.1, 0.15) is 59.3 Å². The van der Waals surface area contributed by atoms with Crippen molar-refractivity contribution < 1.29 is 79.1 Å². The third-order valence-corrected chi connectivity index (χ3v) is 34.1. The topological polar surface area (TPSA) is 496 Å². The van der Waals surface area contributed by atoms with E-state index in [9.17, 15) is 46.0 Å². The van der Waals surface area contributed by atoms with Crippen molar-refractivity contribution in [3.63, 3.8) is 0 Å². The van der Waals surface area contributed by atoms with Crippen molar-refractivity contribution in [3.05, 3.63) is 159 Å². The second kappa shape index (κ2) is 42.5. The molecular formula is C90H149BrN18O16P6. The Balaban J connectivity index is 0.000000177. The van der Waals surface area contributed by atoms with Gasteiger partial charge in [-0.15, -0.1) is 79.1 Å². The van der Waals surface area contributed by atoms with Crippen LogP contribution in [-0.2, 0) is 33.2 Å². The van der Waals surface area contributed by atoms with Crippen LogP contribution in [0.15, 0.2) is 189 Å². The quantitative estimate of drug-likeness (QED) is 0.0339. The molecule has 0 aromatic rings. The summed E-state index contributed by atoms with van der Waals surface area (Å²) in [5, 5.41) is 94.1. The Morgan fingerprint density at radius 2 is 0.794 bits per heavy atom. The van der Waals surface area contributed by atoms with E-state index < -0.39 is 156 Å². The lowest BCUT2D eigenvalue weighted by Crippen LogP contribution is -2.51. The van der Waals surface area contributed by atoms with Crippen LogP contribution in [0.3, 0.4) is 0 Å². The minimum absolute atomic E-state index is 0.204. The fourth-order valence-electron chi connectivity index (χ4n) is 16.4. The number of hydrogen-bond donors (Lipinski definition) is 15. The highest BCUT2D eigenvalue weighted by Gasteiger charge is 2.64. The molecule has 14 aliphatic rings. The van der Waals surface area contributed by atoms with Gasteiger partial charge in [0.15, 0.2) is 31.1 Å². The minimum Gasteiger partial charge on any atom is -0.389 e. The van der Waals surface area contributed by atoms with Crippen LogP contribution in [0.5, 0.6) is 0 Å². The molecule has 0 radical (unpaired) electrons. The molecule has 0 saturated carbocycles. The van der Waals surface area contributed by atoms with Gasteiger partial charge >= 0.3 is 0 Å². The van der Waals surface area contributed by atoms with Gasteiger partial charge < -0.3 is 143 Å². The molecule has 1 aliphatic carbocycles. The Morgan fingerprint density at radius 1 is 0.427 bits per heavy atom. The van der Waals surface area contributed by atoms with E-state index in [0.717, 1.165) is 73.8 Å². The molecule has 0 spiro atoms. The summed E-state index contributed by atoms with van der Waals surface area (Å²) in [5.74, 6) is 5.09. The van der Waals surface area contributed by atoms with Crippen LogP contribution in [0, 0.1) is 0 Å².